The van der Waals surface area contributed by atoms with Crippen LogP contribution in [0.4, 0.5) is 0 Å². The van der Waals surface area contributed by atoms with E-state index in [2.05, 4.69) is 6.92 Å². The van der Waals surface area contributed by atoms with Crippen LogP contribution in [0.5, 0.6) is 0 Å². The Hall–Kier alpha value is -2.48. The fraction of sp³-hybridized carbons (Fsp3) is 0.111. The van der Waals surface area contributed by atoms with E-state index in [1.807, 2.05) is 24.3 Å². The molecule has 98 valence electrons. The molecular weight excluding hydrogens is 248 g/mol. The first-order valence-corrected chi connectivity index (χ1v) is 6.69. The quantitative estimate of drug-likeness (QED) is 0.826. The molecule has 2 heteroatoms. The van der Waals surface area contributed by atoms with E-state index in [0.717, 1.165) is 12.0 Å². The second-order valence-electron chi connectivity index (χ2n) is 4.85. The molecule has 0 saturated carbocycles. The third-order valence-electron chi connectivity index (χ3n) is 3.63. The maximum absolute atomic E-state index is 12.5. The van der Waals surface area contributed by atoms with Crippen molar-refractivity contribution in [3.63, 3.8) is 0 Å². The summed E-state index contributed by atoms with van der Waals surface area (Å²) in [5.41, 5.74) is 3.48. The number of aryl methyl sites for hydroxylation is 1. The molecule has 0 aliphatic heterocycles. The van der Waals surface area contributed by atoms with Gasteiger partial charge in [-0.15, -0.1) is 0 Å². The summed E-state index contributed by atoms with van der Waals surface area (Å²) >= 11 is 0. The van der Waals surface area contributed by atoms with Gasteiger partial charge in [-0.2, -0.15) is 0 Å². The standard InChI is InChI=1S/C18H14O2/c1-2-12-7-9-13(10-8-12)16-11-17(19)14-5-3-4-6-15(14)18(16)20/h3-11H,2H2,1H3. The van der Waals surface area contributed by atoms with Crippen LogP contribution in [0.25, 0.3) is 5.57 Å². The second kappa shape index (κ2) is 4.89. The average molecular weight is 262 g/mol. The summed E-state index contributed by atoms with van der Waals surface area (Å²) in [6.45, 7) is 2.08. The molecular formula is C18H14O2. The Kier molecular flexibility index (Phi) is 3.07. The number of fused-ring (bicyclic) bond motifs is 1. The van der Waals surface area contributed by atoms with Crippen molar-refractivity contribution in [1.82, 2.24) is 0 Å². The van der Waals surface area contributed by atoms with Crippen LogP contribution in [0.1, 0.15) is 38.8 Å². The average Bonchev–Trinajstić information content (AvgIpc) is 2.51. The van der Waals surface area contributed by atoms with Gasteiger partial charge in [-0.3, -0.25) is 9.59 Å². The molecule has 0 heterocycles. The summed E-state index contributed by atoms with van der Waals surface area (Å²) < 4.78 is 0. The van der Waals surface area contributed by atoms with Crippen LogP contribution >= 0.6 is 0 Å². The molecule has 0 unspecified atom stereocenters. The zero-order valence-electron chi connectivity index (χ0n) is 11.2. The second-order valence-corrected chi connectivity index (χ2v) is 4.85. The number of hydrogen-bond donors (Lipinski definition) is 0. The first kappa shape index (κ1) is 12.5. The zero-order chi connectivity index (χ0) is 14.1. The molecule has 0 atom stereocenters. The first-order valence-electron chi connectivity index (χ1n) is 6.69. The number of hydrogen-bond acceptors (Lipinski definition) is 2. The third kappa shape index (κ3) is 1.99. The third-order valence-corrected chi connectivity index (χ3v) is 3.63. The lowest BCUT2D eigenvalue weighted by Crippen LogP contribution is -2.15. The van der Waals surface area contributed by atoms with Crippen LogP contribution in [-0.2, 0) is 6.42 Å². The zero-order valence-corrected chi connectivity index (χ0v) is 11.2. The lowest BCUT2D eigenvalue weighted by atomic mass is 9.86. The minimum atomic E-state index is -0.102. The van der Waals surface area contributed by atoms with Gasteiger partial charge >= 0.3 is 0 Å². The van der Waals surface area contributed by atoms with Crippen molar-refractivity contribution < 1.29 is 9.59 Å². The van der Waals surface area contributed by atoms with Crippen molar-refractivity contribution in [1.29, 1.82) is 0 Å². The van der Waals surface area contributed by atoms with Gasteiger partial charge in [-0.1, -0.05) is 55.5 Å². The maximum Gasteiger partial charge on any atom is 0.194 e. The van der Waals surface area contributed by atoms with E-state index in [4.69, 9.17) is 0 Å². The van der Waals surface area contributed by atoms with Gasteiger partial charge in [0.25, 0.3) is 0 Å². The molecule has 0 fully saturated rings. The molecule has 2 aromatic rings. The van der Waals surface area contributed by atoms with E-state index in [-0.39, 0.29) is 11.6 Å². The topological polar surface area (TPSA) is 34.1 Å². The number of Topliss-reactive ketones (excluding diaryl/α,β-unsaturated/α-hetero) is 1. The summed E-state index contributed by atoms with van der Waals surface area (Å²) in [5, 5.41) is 0. The highest BCUT2D eigenvalue weighted by Crippen LogP contribution is 2.27. The van der Waals surface area contributed by atoms with Gasteiger partial charge in [0.05, 0.1) is 0 Å². The van der Waals surface area contributed by atoms with Crippen LogP contribution in [-0.4, -0.2) is 11.6 Å². The fourth-order valence-corrected chi connectivity index (χ4v) is 2.45. The number of rotatable bonds is 2. The molecule has 1 aliphatic rings. The summed E-state index contributed by atoms with van der Waals surface area (Å²) in [7, 11) is 0. The Morgan fingerprint density at radius 2 is 1.50 bits per heavy atom. The van der Waals surface area contributed by atoms with Crippen molar-refractivity contribution in [3.8, 4) is 0 Å². The van der Waals surface area contributed by atoms with E-state index < -0.39 is 0 Å². The highest BCUT2D eigenvalue weighted by Gasteiger charge is 2.25. The highest BCUT2D eigenvalue weighted by atomic mass is 16.1. The Balaban J connectivity index is 2.07. The highest BCUT2D eigenvalue weighted by molar-refractivity contribution is 6.38. The van der Waals surface area contributed by atoms with E-state index >= 15 is 0 Å². The minimum Gasteiger partial charge on any atom is -0.289 e. The maximum atomic E-state index is 12.5. The fourth-order valence-electron chi connectivity index (χ4n) is 2.45. The van der Waals surface area contributed by atoms with Gasteiger partial charge in [-0.25, -0.2) is 0 Å². The molecule has 1 aliphatic carbocycles. The summed E-state index contributed by atoms with van der Waals surface area (Å²) in [4.78, 5) is 24.6. The molecule has 0 aromatic heterocycles. The van der Waals surface area contributed by atoms with Crippen LogP contribution in [0.3, 0.4) is 0 Å². The molecule has 0 spiro atoms. The molecule has 20 heavy (non-hydrogen) atoms. The molecule has 0 amide bonds. The molecule has 2 nitrogen and oxygen atoms in total. The van der Waals surface area contributed by atoms with E-state index in [9.17, 15) is 9.59 Å². The molecule has 0 bridgehead atoms. The van der Waals surface area contributed by atoms with Gasteiger partial charge in [-0.05, 0) is 23.6 Å². The predicted octanol–water partition coefficient (Wildman–Crippen LogP) is 3.71. The van der Waals surface area contributed by atoms with Gasteiger partial charge < -0.3 is 0 Å². The molecule has 3 rings (SSSR count). The van der Waals surface area contributed by atoms with Crippen molar-refractivity contribution in [3.05, 3.63) is 76.9 Å². The molecule has 0 N–H and O–H groups in total. The van der Waals surface area contributed by atoms with Crippen LogP contribution in [0, 0.1) is 0 Å². The predicted molar refractivity (Wildman–Crippen MR) is 78.9 cm³/mol. The Bertz CT molecular complexity index is 721. The SMILES string of the molecule is CCc1ccc(C2=CC(=O)c3ccccc3C2=O)cc1. The summed E-state index contributed by atoms with van der Waals surface area (Å²) in [5.74, 6) is -0.181. The van der Waals surface area contributed by atoms with Gasteiger partial charge in [0.15, 0.2) is 11.6 Å². The van der Waals surface area contributed by atoms with Crippen molar-refractivity contribution >= 4 is 17.1 Å². The first-order chi connectivity index (χ1) is 9.70. The van der Waals surface area contributed by atoms with Crippen molar-refractivity contribution in [2.45, 2.75) is 13.3 Å². The van der Waals surface area contributed by atoms with Gasteiger partial charge in [0, 0.05) is 16.7 Å². The lowest BCUT2D eigenvalue weighted by Gasteiger charge is -2.15. The monoisotopic (exact) mass is 262 g/mol. The summed E-state index contributed by atoms with van der Waals surface area (Å²) in [6, 6.07) is 14.8. The van der Waals surface area contributed by atoms with Gasteiger partial charge in [0.1, 0.15) is 0 Å². The van der Waals surface area contributed by atoms with Crippen LogP contribution in [0.15, 0.2) is 54.6 Å². The van der Waals surface area contributed by atoms with E-state index in [1.165, 1.54) is 11.6 Å². The van der Waals surface area contributed by atoms with E-state index in [1.54, 1.807) is 24.3 Å². The van der Waals surface area contributed by atoms with Gasteiger partial charge in [0.2, 0.25) is 0 Å². The van der Waals surface area contributed by atoms with Crippen LogP contribution in [0.2, 0.25) is 0 Å². The Morgan fingerprint density at radius 3 is 2.15 bits per heavy atom. The Morgan fingerprint density at radius 1 is 0.850 bits per heavy atom. The van der Waals surface area contributed by atoms with Crippen LogP contribution < -0.4 is 0 Å². The molecule has 2 aromatic carbocycles. The smallest absolute Gasteiger partial charge is 0.194 e. The normalized spacial score (nSPS) is 13.9. The number of carbonyl (C=O) groups excluding carboxylic acids is 2. The minimum absolute atomic E-state index is 0.0792. The number of allylic oxidation sites excluding steroid dienone is 2. The van der Waals surface area contributed by atoms with E-state index in [0.29, 0.717) is 16.7 Å². The molecule has 0 radical (unpaired) electrons. The number of benzene rings is 2. The number of carbonyl (C=O) groups is 2. The Labute approximate surface area is 117 Å². The van der Waals surface area contributed by atoms with Crippen molar-refractivity contribution in [2.75, 3.05) is 0 Å². The lowest BCUT2D eigenvalue weighted by molar-refractivity contribution is 0.100. The summed E-state index contributed by atoms with van der Waals surface area (Å²) in [6.07, 6.45) is 2.40. The number of ketones is 2. The van der Waals surface area contributed by atoms with Crippen molar-refractivity contribution in [2.24, 2.45) is 0 Å². The molecule has 0 saturated heterocycles. The largest absolute Gasteiger partial charge is 0.289 e.